The van der Waals surface area contributed by atoms with E-state index in [4.69, 9.17) is 15.2 Å². The van der Waals surface area contributed by atoms with E-state index in [1.807, 2.05) is 13.8 Å². The van der Waals surface area contributed by atoms with Crippen LogP contribution in [0, 0.1) is 0 Å². The summed E-state index contributed by atoms with van der Waals surface area (Å²) in [6.07, 6.45) is 0.447. The maximum atomic E-state index is 6.23. The fourth-order valence-corrected chi connectivity index (χ4v) is 3.14. The number of ether oxygens (including phenoxy) is 2. The SMILES string of the molecule is CCOC(OCC)C(N)Cc1csc2ccccc12. The summed E-state index contributed by atoms with van der Waals surface area (Å²) in [5.41, 5.74) is 7.50. The topological polar surface area (TPSA) is 44.5 Å². The average Bonchev–Trinajstić information content (AvgIpc) is 2.82. The second-order valence-corrected chi connectivity index (χ2v) is 5.32. The average molecular weight is 279 g/mol. The summed E-state index contributed by atoms with van der Waals surface area (Å²) < 4.78 is 12.4. The fraction of sp³-hybridized carbons (Fsp3) is 0.467. The molecule has 0 aliphatic carbocycles. The zero-order valence-electron chi connectivity index (χ0n) is 11.5. The highest BCUT2D eigenvalue weighted by molar-refractivity contribution is 7.17. The molecule has 0 aliphatic rings. The number of nitrogens with two attached hydrogens (primary N) is 1. The van der Waals surface area contributed by atoms with Gasteiger partial charge in [0.15, 0.2) is 6.29 Å². The molecular weight excluding hydrogens is 258 g/mol. The zero-order valence-corrected chi connectivity index (χ0v) is 12.3. The molecule has 3 nitrogen and oxygen atoms in total. The van der Waals surface area contributed by atoms with Gasteiger partial charge in [-0.3, -0.25) is 0 Å². The number of fused-ring (bicyclic) bond motifs is 1. The summed E-state index contributed by atoms with van der Waals surface area (Å²) in [6.45, 7) is 5.14. The Hall–Kier alpha value is -0.940. The molecule has 2 aromatic rings. The van der Waals surface area contributed by atoms with E-state index in [2.05, 4.69) is 29.6 Å². The molecule has 0 bridgehead atoms. The molecule has 0 spiro atoms. The molecule has 4 heteroatoms. The molecule has 1 heterocycles. The highest BCUT2D eigenvalue weighted by atomic mass is 32.1. The molecule has 1 aromatic heterocycles. The number of hydrogen-bond donors (Lipinski definition) is 1. The van der Waals surface area contributed by atoms with Crippen molar-refractivity contribution >= 4 is 21.4 Å². The Morgan fingerprint density at radius 3 is 2.53 bits per heavy atom. The Bertz CT molecular complexity index is 506. The third kappa shape index (κ3) is 3.54. The van der Waals surface area contributed by atoms with Gasteiger partial charge in [-0.1, -0.05) is 18.2 Å². The first-order valence-corrected chi connectivity index (χ1v) is 7.58. The Balaban J connectivity index is 2.10. The minimum atomic E-state index is -0.325. The monoisotopic (exact) mass is 279 g/mol. The normalized spacial score (nSPS) is 13.3. The van der Waals surface area contributed by atoms with Gasteiger partial charge in [-0.25, -0.2) is 0 Å². The lowest BCUT2D eigenvalue weighted by molar-refractivity contribution is -0.147. The van der Waals surface area contributed by atoms with E-state index >= 15 is 0 Å². The van der Waals surface area contributed by atoms with Crippen LogP contribution in [0.1, 0.15) is 19.4 Å². The first kappa shape index (κ1) is 14.5. The summed E-state index contributed by atoms with van der Waals surface area (Å²) in [5, 5.41) is 3.47. The maximum absolute atomic E-state index is 6.23. The highest BCUT2D eigenvalue weighted by Crippen LogP contribution is 2.26. The molecule has 2 rings (SSSR count). The molecule has 2 N–H and O–H groups in total. The Morgan fingerprint density at radius 2 is 1.84 bits per heavy atom. The van der Waals surface area contributed by atoms with Crippen molar-refractivity contribution in [1.82, 2.24) is 0 Å². The lowest BCUT2D eigenvalue weighted by Crippen LogP contribution is -2.40. The Morgan fingerprint density at radius 1 is 1.16 bits per heavy atom. The van der Waals surface area contributed by atoms with Gasteiger partial charge in [0.2, 0.25) is 0 Å². The van der Waals surface area contributed by atoms with E-state index in [0.717, 1.165) is 6.42 Å². The van der Waals surface area contributed by atoms with Gasteiger partial charge in [-0.05, 0) is 42.7 Å². The fourth-order valence-electron chi connectivity index (χ4n) is 2.16. The van der Waals surface area contributed by atoms with E-state index in [0.29, 0.717) is 13.2 Å². The van der Waals surface area contributed by atoms with Gasteiger partial charge in [-0.15, -0.1) is 11.3 Å². The lowest BCUT2D eigenvalue weighted by atomic mass is 10.1. The van der Waals surface area contributed by atoms with Crippen LogP contribution in [0.25, 0.3) is 10.1 Å². The zero-order chi connectivity index (χ0) is 13.7. The second-order valence-electron chi connectivity index (χ2n) is 4.40. The van der Waals surface area contributed by atoms with Gasteiger partial charge < -0.3 is 15.2 Å². The van der Waals surface area contributed by atoms with Gasteiger partial charge in [0.05, 0.1) is 6.04 Å². The highest BCUT2D eigenvalue weighted by Gasteiger charge is 2.19. The van der Waals surface area contributed by atoms with Crippen molar-refractivity contribution in [3.63, 3.8) is 0 Å². The third-order valence-electron chi connectivity index (χ3n) is 3.03. The predicted molar refractivity (Wildman–Crippen MR) is 80.5 cm³/mol. The van der Waals surface area contributed by atoms with Crippen molar-refractivity contribution < 1.29 is 9.47 Å². The summed E-state index contributed by atoms with van der Waals surface area (Å²) in [5.74, 6) is 0. The predicted octanol–water partition coefficient (Wildman–Crippen LogP) is 3.17. The van der Waals surface area contributed by atoms with Crippen molar-refractivity contribution in [2.75, 3.05) is 13.2 Å². The van der Waals surface area contributed by atoms with Crippen LogP contribution in [0.4, 0.5) is 0 Å². The molecular formula is C15H21NO2S. The standard InChI is InChI=1S/C15H21NO2S/c1-3-17-15(18-4-2)13(16)9-11-10-19-14-8-6-5-7-12(11)14/h5-8,10,13,15H,3-4,9,16H2,1-2H3. The molecule has 1 aromatic carbocycles. The quantitative estimate of drug-likeness (QED) is 0.792. The van der Waals surface area contributed by atoms with Gasteiger partial charge in [0, 0.05) is 17.9 Å². The van der Waals surface area contributed by atoms with Crippen LogP contribution in [-0.4, -0.2) is 25.5 Å². The van der Waals surface area contributed by atoms with Crippen LogP contribution < -0.4 is 5.73 Å². The van der Waals surface area contributed by atoms with Gasteiger partial charge in [-0.2, -0.15) is 0 Å². The first-order valence-electron chi connectivity index (χ1n) is 6.70. The maximum Gasteiger partial charge on any atom is 0.172 e. The van der Waals surface area contributed by atoms with Gasteiger partial charge in [0.25, 0.3) is 0 Å². The Labute approximate surface area is 118 Å². The van der Waals surface area contributed by atoms with Crippen molar-refractivity contribution in [1.29, 1.82) is 0 Å². The molecule has 0 amide bonds. The van der Waals surface area contributed by atoms with E-state index in [1.165, 1.54) is 15.6 Å². The van der Waals surface area contributed by atoms with Crippen LogP contribution in [0.15, 0.2) is 29.6 Å². The largest absolute Gasteiger partial charge is 0.351 e. The third-order valence-corrected chi connectivity index (χ3v) is 4.04. The van der Waals surface area contributed by atoms with Crippen LogP contribution >= 0.6 is 11.3 Å². The van der Waals surface area contributed by atoms with Gasteiger partial charge in [0.1, 0.15) is 0 Å². The summed E-state index contributed by atoms with van der Waals surface area (Å²) in [4.78, 5) is 0. The molecule has 0 saturated carbocycles. The lowest BCUT2D eigenvalue weighted by Gasteiger charge is -2.23. The molecule has 0 radical (unpaired) electrons. The number of benzene rings is 1. The van der Waals surface area contributed by atoms with Crippen LogP contribution in [0.5, 0.6) is 0 Å². The molecule has 0 saturated heterocycles. The molecule has 1 unspecified atom stereocenters. The first-order chi connectivity index (χ1) is 9.26. The van der Waals surface area contributed by atoms with Crippen molar-refractivity contribution in [2.45, 2.75) is 32.6 Å². The number of rotatable bonds is 7. The van der Waals surface area contributed by atoms with E-state index in [1.54, 1.807) is 11.3 Å². The summed E-state index contributed by atoms with van der Waals surface area (Å²) in [6, 6.07) is 8.26. The van der Waals surface area contributed by atoms with E-state index in [9.17, 15) is 0 Å². The molecule has 0 aliphatic heterocycles. The van der Waals surface area contributed by atoms with E-state index < -0.39 is 0 Å². The van der Waals surface area contributed by atoms with Crippen LogP contribution in [-0.2, 0) is 15.9 Å². The van der Waals surface area contributed by atoms with Crippen molar-refractivity contribution in [3.8, 4) is 0 Å². The number of hydrogen-bond acceptors (Lipinski definition) is 4. The van der Waals surface area contributed by atoms with Crippen molar-refractivity contribution in [3.05, 3.63) is 35.2 Å². The molecule has 1 atom stereocenters. The second kappa shape index (κ2) is 7.01. The molecule has 0 fully saturated rings. The number of thiophene rings is 1. The smallest absolute Gasteiger partial charge is 0.172 e. The van der Waals surface area contributed by atoms with Crippen molar-refractivity contribution in [2.24, 2.45) is 5.73 Å². The van der Waals surface area contributed by atoms with E-state index in [-0.39, 0.29) is 12.3 Å². The summed E-state index contributed by atoms with van der Waals surface area (Å²) in [7, 11) is 0. The Kier molecular flexibility index (Phi) is 5.34. The molecule has 104 valence electrons. The van der Waals surface area contributed by atoms with Gasteiger partial charge >= 0.3 is 0 Å². The molecule has 19 heavy (non-hydrogen) atoms. The summed E-state index contributed by atoms with van der Waals surface area (Å²) >= 11 is 1.76. The van der Waals surface area contributed by atoms with Crippen LogP contribution in [0.3, 0.4) is 0 Å². The minimum absolute atomic E-state index is 0.141. The van der Waals surface area contributed by atoms with Crippen LogP contribution in [0.2, 0.25) is 0 Å². The minimum Gasteiger partial charge on any atom is -0.351 e.